The van der Waals surface area contributed by atoms with Crippen LogP contribution in [-0.2, 0) is 13.0 Å². The summed E-state index contributed by atoms with van der Waals surface area (Å²) in [6, 6.07) is 3.83. The molecule has 0 aliphatic heterocycles. The van der Waals surface area contributed by atoms with Gasteiger partial charge in [0.25, 0.3) is 0 Å². The Bertz CT molecular complexity index is 467. The lowest BCUT2D eigenvalue weighted by molar-refractivity contribution is 1.04. The maximum atomic E-state index is 5.58. The average Bonchev–Trinajstić information content (AvgIpc) is 2.74. The van der Waals surface area contributed by atoms with Gasteiger partial charge in [0.1, 0.15) is 5.82 Å². The number of hydrogen-bond donors (Lipinski definition) is 2. The Morgan fingerprint density at radius 2 is 2.31 bits per heavy atom. The second kappa shape index (κ2) is 4.94. The molecule has 0 saturated carbocycles. The second-order valence-corrected chi connectivity index (χ2v) is 4.38. The summed E-state index contributed by atoms with van der Waals surface area (Å²) in [6.07, 6.45) is 2.71. The first-order valence-corrected chi connectivity index (χ1v) is 6.05. The predicted molar refractivity (Wildman–Crippen MR) is 67.5 cm³/mol. The standard InChI is InChI=1S/C11H14N4S/c1-2-8-4-6-16-9(8)7-14-11-13-5-3-10(12)15-11/h3-6H,2,7H2,1H3,(H3,12,13,14,15). The van der Waals surface area contributed by atoms with Crippen molar-refractivity contribution in [2.45, 2.75) is 19.9 Å². The van der Waals surface area contributed by atoms with Crippen molar-refractivity contribution in [3.05, 3.63) is 34.2 Å². The smallest absolute Gasteiger partial charge is 0.224 e. The van der Waals surface area contributed by atoms with Crippen molar-refractivity contribution in [2.75, 3.05) is 11.1 Å². The zero-order valence-electron chi connectivity index (χ0n) is 9.10. The van der Waals surface area contributed by atoms with E-state index in [9.17, 15) is 0 Å². The lowest BCUT2D eigenvalue weighted by Crippen LogP contribution is -2.04. The third kappa shape index (κ3) is 2.49. The highest BCUT2D eigenvalue weighted by molar-refractivity contribution is 7.10. The monoisotopic (exact) mass is 234 g/mol. The second-order valence-electron chi connectivity index (χ2n) is 3.38. The van der Waals surface area contributed by atoms with Gasteiger partial charge in [0, 0.05) is 11.1 Å². The van der Waals surface area contributed by atoms with E-state index in [2.05, 4.69) is 33.7 Å². The summed E-state index contributed by atoms with van der Waals surface area (Å²) in [6.45, 7) is 2.91. The van der Waals surface area contributed by atoms with Crippen LogP contribution in [-0.4, -0.2) is 9.97 Å². The van der Waals surface area contributed by atoms with Crippen molar-refractivity contribution in [3.63, 3.8) is 0 Å². The molecule has 0 radical (unpaired) electrons. The molecule has 5 heteroatoms. The minimum Gasteiger partial charge on any atom is -0.384 e. The highest BCUT2D eigenvalue weighted by atomic mass is 32.1. The topological polar surface area (TPSA) is 63.8 Å². The Morgan fingerprint density at radius 1 is 1.44 bits per heavy atom. The van der Waals surface area contributed by atoms with Crippen LogP contribution in [0.15, 0.2) is 23.7 Å². The molecule has 0 aliphatic carbocycles. The Morgan fingerprint density at radius 3 is 3.06 bits per heavy atom. The fraction of sp³-hybridized carbons (Fsp3) is 0.273. The number of nitrogen functional groups attached to an aromatic ring is 1. The highest BCUT2D eigenvalue weighted by Crippen LogP contribution is 2.18. The number of nitrogens with one attached hydrogen (secondary N) is 1. The third-order valence-electron chi connectivity index (χ3n) is 2.30. The molecular weight excluding hydrogens is 220 g/mol. The number of anilines is 2. The van der Waals surface area contributed by atoms with E-state index >= 15 is 0 Å². The van der Waals surface area contributed by atoms with Crippen molar-refractivity contribution in [1.82, 2.24) is 9.97 Å². The van der Waals surface area contributed by atoms with E-state index < -0.39 is 0 Å². The fourth-order valence-corrected chi connectivity index (χ4v) is 2.37. The van der Waals surface area contributed by atoms with Crippen LogP contribution in [0.25, 0.3) is 0 Å². The molecule has 2 aromatic heterocycles. The van der Waals surface area contributed by atoms with E-state index in [1.165, 1.54) is 10.4 Å². The molecule has 84 valence electrons. The van der Waals surface area contributed by atoms with Gasteiger partial charge in [-0.2, -0.15) is 4.98 Å². The normalized spacial score (nSPS) is 10.3. The third-order valence-corrected chi connectivity index (χ3v) is 3.27. The average molecular weight is 234 g/mol. The number of thiophene rings is 1. The largest absolute Gasteiger partial charge is 0.384 e. The van der Waals surface area contributed by atoms with E-state index in [-0.39, 0.29) is 0 Å². The summed E-state index contributed by atoms with van der Waals surface area (Å²) in [5.74, 6) is 1.06. The van der Waals surface area contributed by atoms with E-state index in [1.54, 1.807) is 23.6 Å². The van der Waals surface area contributed by atoms with Crippen LogP contribution in [0.1, 0.15) is 17.4 Å². The molecule has 0 unspecified atom stereocenters. The van der Waals surface area contributed by atoms with Crippen LogP contribution < -0.4 is 11.1 Å². The van der Waals surface area contributed by atoms with Crippen LogP contribution in [0, 0.1) is 0 Å². The van der Waals surface area contributed by atoms with Crippen molar-refractivity contribution >= 4 is 23.1 Å². The maximum Gasteiger partial charge on any atom is 0.224 e. The zero-order valence-corrected chi connectivity index (χ0v) is 9.92. The van der Waals surface area contributed by atoms with Crippen LogP contribution in [0.4, 0.5) is 11.8 Å². The molecule has 2 aromatic rings. The summed E-state index contributed by atoms with van der Waals surface area (Å²) in [5, 5.41) is 5.28. The molecule has 0 amide bonds. The molecule has 0 atom stereocenters. The van der Waals surface area contributed by atoms with Gasteiger partial charge < -0.3 is 11.1 Å². The van der Waals surface area contributed by atoms with E-state index in [0.717, 1.165) is 13.0 Å². The molecule has 2 heterocycles. The van der Waals surface area contributed by atoms with Crippen LogP contribution in [0.3, 0.4) is 0 Å². The van der Waals surface area contributed by atoms with Gasteiger partial charge in [-0.15, -0.1) is 11.3 Å². The first kappa shape index (κ1) is 10.9. The van der Waals surface area contributed by atoms with E-state index in [0.29, 0.717) is 11.8 Å². The summed E-state index contributed by atoms with van der Waals surface area (Å²) in [4.78, 5) is 9.51. The van der Waals surface area contributed by atoms with Crippen molar-refractivity contribution in [1.29, 1.82) is 0 Å². The summed E-state index contributed by atoms with van der Waals surface area (Å²) in [7, 11) is 0. The quantitative estimate of drug-likeness (QED) is 0.852. The molecular formula is C11H14N4S. The minimum absolute atomic E-state index is 0.486. The number of aryl methyl sites for hydroxylation is 1. The first-order valence-electron chi connectivity index (χ1n) is 5.17. The van der Waals surface area contributed by atoms with Crippen LogP contribution in [0.5, 0.6) is 0 Å². The molecule has 0 bridgehead atoms. The predicted octanol–water partition coefficient (Wildman–Crippen LogP) is 2.29. The Kier molecular flexibility index (Phi) is 3.36. The van der Waals surface area contributed by atoms with Crippen LogP contribution >= 0.6 is 11.3 Å². The van der Waals surface area contributed by atoms with Gasteiger partial charge in [0.2, 0.25) is 5.95 Å². The van der Waals surface area contributed by atoms with Gasteiger partial charge in [-0.05, 0) is 29.5 Å². The summed E-state index contributed by atoms with van der Waals surface area (Å²) < 4.78 is 0. The van der Waals surface area contributed by atoms with Gasteiger partial charge in [0.15, 0.2) is 0 Å². The Labute approximate surface area is 98.6 Å². The molecule has 4 nitrogen and oxygen atoms in total. The van der Waals surface area contributed by atoms with Crippen molar-refractivity contribution in [2.24, 2.45) is 0 Å². The molecule has 16 heavy (non-hydrogen) atoms. The van der Waals surface area contributed by atoms with Crippen LogP contribution in [0.2, 0.25) is 0 Å². The number of nitrogens with zero attached hydrogens (tertiary/aromatic N) is 2. The van der Waals surface area contributed by atoms with Gasteiger partial charge >= 0.3 is 0 Å². The Balaban J connectivity index is 2.02. The molecule has 0 aromatic carbocycles. The highest BCUT2D eigenvalue weighted by Gasteiger charge is 2.03. The SMILES string of the molecule is CCc1ccsc1CNc1nccc(N)n1. The van der Waals surface area contributed by atoms with Gasteiger partial charge in [-0.25, -0.2) is 4.98 Å². The molecule has 0 aliphatic rings. The van der Waals surface area contributed by atoms with Gasteiger partial charge in [0.05, 0.1) is 6.54 Å². The first-order chi connectivity index (χ1) is 7.79. The van der Waals surface area contributed by atoms with E-state index in [4.69, 9.17) is 5.73 Å². The fourth-order valence-electron chi connectivity index (χ4n) is 1.45. The number of hydrogen-bond acceptors (Lipinski definition) is 5. The lowest BCUT2D eigenvalue weighted by atomic mass is 10.2. The number of aromatic nitrogens is 2. The Hall–Kier alpha value is -1.62. The van der Waals surface area contributed by atoms with E-state index in [1.807, 2.05) is 0 Å². The zero-order chi connectivity index (χ0) is 11.4. The summed E-state index contributed by atoms with van der Waals surface area (Å²) >= 11 is 1.75. The number of nitrogens with two attached hydrogens (primary N) is 1. The number of rotatable bonds is 4. The maximum absolute atomic E-state index is 5.58. The molecule has 3 N–H and O–H groups in total. The summed E-state index contributed by atoms with van der Waals surface area (Å²) in [5.41, 5.74) is 6.95. The van der Waals surface area contributed by atoms with Gasteiger partial charge in [-0.1, -0.05) is 6.92 Å². The van der Waals surface area contributed by atoms with Gasteiger partial charge in [-0.3, -0.25) is 0 Å². The van der Waals surface area contributed by atoms with Crippen molar-refractivity contribution in [3.8, 4) is 0 Å². The molecule has 0 fully saturated rings. The minimum atomic E-state index is 0.486. The lowest BCUT2D eigenvalue weighted by Gasteiger charge is -2.04. The molecule has 2 rings (SSSR count). The molecule has 0 saturated heterocycles. The van der Waals surface area contributed by atoms with Crippen molar-refractivity contribution < 1.29 is 0 Å². The molecule has 0 spiro atoms.